The molecule has 21 heavy (non-hydrogen) atoms. The van der Waals surface area contributed by atoms with Gasteiger partial charge in [0, 0.05) is 21.5 Å². The molecule has 0 aliphatic carbocycles. The summed E-state index contributed by atoms with van der Waals surface area (Å²) in [6.45, 7) is 2.13. The third-order valence-electron chi connectivity index (χ3n) is 4.07. The van der Waals surface area contributed by atoms with Crippen LogP contribution in [0.3, 0.4) is 0 Å². The number of fused-ring (bicyclic) bond motifs is 4. The molecule has 1 nitrogen and oxygen atoms in total. The van der Waals surface area contributed by atoms with Crippen molar-refractivity contribution in [3.63, 3.8) is 0 Å². The molecule has 102 valence electrons. The number of pyridine rings is 1. The second kappa shape index (κ2) is 4.81. The Bertz CT molecular complexity index is 989. The van der Waals surface area contributed by atoms with Crippen molar-refractivity contribution in [2.24, 2.45) is 0 Å². The molecule has 0 fully saturated rings. The van der Waals surface area contributed by atoms with Crippen LogP contribution in [0.4, 0.5) is 0 Å². The average Bonchev–Trinajstić information content (AvgIpc) is 2.52. The second-order valence-electron chi connectivity index (χ2n) is 5.43. The molecule has 0 radical (unpaired) electrons. The molecule has 0 amide bonds. The van der Waals surface area contributed by atoms with Gasteiger partial charge in [-0.25, -0.2) is 4.98 Å². The number of alkyl halides is 1. The number of hydrogen-bond acceptors (Lipinski definition) is 1. The van der Waals surface area contributed by atoms with E-state index in [-0.39, 0.29) is 0 Å². The molecule has 0 spiro atoms. The quantitative estimate of drug-likeness (QED) is 0.245. The summed E-state index contributed by atoms with van der Waals surface area (Å²) in [6, 6.07) is 19.3. The Balaban J connectivity index is 2.28. The maximum absolute atomic E-state index is 4.93. The Labute approximate surface area is 131 Å². The zero-order valence-electron chi connectivity index (χ0n) is 11.7. The minimum atomic E-state index is 0.838. The van der Waals surface area contributed by atoms with Crippen molar-refractivity contribution in [3.05, 3.63) is 65.7 Å². The predicted octanol–water partition coefficient (Wildman–Crippen LogP) is 5.74. The molecule has 1 aromatic heterocycles. The topological polar surface area (TPSA) is 12.9 Å². The van der Waals surface area contributed by atoms with E-state index in [0.717, 1.165) is 16.4 Å². The Kier molecular flexibility index (Phi) is 2.93. The molecule has 1 heterocycles. The van der Waals surface area contributed by atoms with Crippen LogP contribution in [0.15, 0.2) is 54.6 Å². The van der Waals surface area contributed by atoms with Gasteiger partial charge >= 0.3 is 0 Å². The monoisotopic (exact) mass is 335 g/mol. The van der Waals surface area contributed by atoms with E-state index >= 15 is 0 Å². The molecule has 0 saturated carbocycles. The van der Waals surface area contributed by atoms with Gasteiger partial charge in [0.05, 0.1) is 11.0 Å². The maximum atomic E-state index is 4.93. The first kappa shape index (κ1) is 12.8. The summed E-state index contributed by atoms with van der Waals surface area (Å²) in [4.78, 5) is 4.93. The van der Waals surface area contributed by atoms with Gasteiger partial charge in [-0.3, -0.25) is 0 Å². The molecule has 0 aliphatic rings. The third-order valence-corrected chi connectivity index (χ3v) is 4.63. The van der Waals surface area contributed by atoms with Gasteiger partial charge in [0.15, 0.2) is 0 Å². The molecule has 0 N–H and O–H groups in total. The maximum Gasteiger partial charge on any atom is 0.0791 e. The first-order chi connectivity index (χ1) is 10.3. The number of hydrogen-bond donors (Lipinski definition) is 0. The first-order valence-electron chi connectivity index (χ1n) is 7.04. The van der Waals surface area contributed by atoms with Gasteiger partial charge in [-0.1, -0.05) is 64.0 Å². The van der Waals surface area contributed by atoms with Gasteiger partial charge in [-0.05, 0) is 30.0 Å². The zero-order valence-corrected chi connectivity index (χ0v) is 13.3. The Morgan fingerprint density at radius 2 is 1.76 bits per heavy atom. The molecule has 0 saturated heterocycles. The Morgan fingerprint density at radius 1 is 0.905 bits per heavy atom. The lowest BCUT2D eigenvalue weighted by atomic mass is 9.99. The second-order valence-corrected chi connectivity index (χ2v) is 5.99. The number of aromatic nitrogens is 1. The number of aryl methyl sites for hydroxylation is 1. The molecular formula is C19H14BrN. The Hall–Kier alpha value is -1.93. The number of rotatable bonds is 1. The standard InChI is InChI=1S/C19H14BrN/c1-12-6-9-18-16(10-12)17(11-20)15-8-7-13-4-2-3-5-14(13)19(15)21-18/h2-10H,11H2,1H3. The van der Waals surface area contributed by atoms with Crippen molar-refractivity contribution < 1.29 is 0 Å². The molecule has 0 atom stereocenters. The minimum Gasteiger partial charge on any atom is -0.247 e. The van der Waals surface area contributed by atoms with E-state index in [2.05, 4.69) is 77.5 Å². The van der Waals surface area contributed by atoms with Crippen molar-refractivity contribution in [1.82, 2.24) is 4.98 Å². The van der Waals surface area contributed by atoms with Gasteiger partial charge in [0.2, 0.25) is 0 Å². The van der Waals surface area contributed by atoms with Crippen LogP contribution in [0.25, 0.3) is 32.6 Å². The van der Waals surface area contributed by atoms with E-state index < -0.39 is 0 Å². The zero-order chi connectivity index (χ0) is 14.4. The number of halogens is 1. The molecule has 2 heteroatoms. The van der Waals surface area contributed by atoms with Crippen molar-refractivity contribution in [3.8, 4) is 0 Å². The predicted molar refractivity (Wildman–Crippen MR) is 94.1 cm³/mol. The average molecular weight is 336 g/mol. The fourth-order valence-corrected chi connectivity index (χ4v) is 3.62. The largest absolute Gasteiger partial charge is 0.247 e. The Morgan fingerprint density at radius 3 is 2.62 bits per heavy atom. The summed E-state index contributed by atoms with van der Waals surface area (Å²) >= 11 is 3.66. The number of nitrogens with zero attached hydrogens (tertiary/aromatic N) is 1. The van der Waals surface area contributed by atoms with Gasteiger partial charge in [0.1, 0.15) is 0 Å². The number of benzene rings is 3. The van der Waals surface area contributed by atoms with E-state index in [1.165, 1.54) is 32.7 Å². The van der Waals surface area contributed by atoms with E-state index in [1.807, 2.05) is 0 Å². The van der Waals surface area contributed by atoms with Crippen molar-refractivity contribution >= 4 is 48.5 Å². The lowest BCUT2D eigenvalue weighted by molar-refractivity contribution is 1.42. The first-order valence-corrected chi connectivity index (χ1v) is 8.17. The normalized spacial score (nSPS) is 11.5. The lowest BCUT2D eigenvalue weighted by Gasteiger charge is -2.11. The van der Waals surface area contributed by atoms with Gasteiger partial charge in [-0.2, -0.15) is 0 Å². The molecule has 3 aromatic carbocycles. The molecule has 0 bridgehead atoms. The van der Waals surface area contributed by atoms with Crippen LogP contribution in [0.2, 0.25) is 0 Å². The highest BCUT2D eigenvalue weighted by atomic mass is 79.9. The smallest absolute Gasteiger partial charge is 0.0791 e. The van der Waals surface area contributed by atoms with Crippen molar-refractivity contribution in [1.29, 1.82) is 0 Å². The SMILES string of the molecule is Cc1ccc2nc3c(ccc4ccccc43)c(CBr)c2c1. The van der Waals surface area contributed by atoms with Crippen molar-refractivity contribution in [2.45, 2.75) is 12.3 Å². The highest BCUT2D eigenvalue weighted by Crippen LogP contribution is 2.32. The summed E-state index contributed by atoms with van der Waals surface area (Å²) in [7, 11) is 0. The van der Waals surface area contributed by atoms with E-state index in [0.29, 0.717) is 0 Å². The summed E-state index contributed by atoms with van der Waals surface area (Å²) < 4.78 is 0. The minimum absolute atomic E-state index is 0.838. The fraction of sp³-hybridized carbons (Fsp3) is 0.105. The molecule has 4 aromatic rings. The van der Waals surface area contributed by atoms with Crippen molar-refractivity contribution in [2.75, 3.05) is 0 Å². The van der Waals surface area contributed by atoms with Crippen LogP contribution in [-0.2, 0) is 5.33 Å². The third kappa shape index (κ3) is 1.94. The van der Waals surface area contributed by atoms with Crippen LogP contribution in [-0.4, -0.2) is 4.98 Å². The summed E-state index contributed by atoms with van der Waals surface area (Å²) in [5.74, 6) is 0. The van der Waals surface area contributed by atoms with Crippen LogP contribution >= 0.6 is 15.9 Å². The van der Waals surface area contributed by atoms with E-state index in [9.17, 15) is 0 Å². The van der Waals surface area contributed by atoms with E-state index in [1.54, 1.807) is 0 Å². The summed E-state index contributed by atoms with van der Waals surface area (Å²) in [5, 5.41) is 5.78. The van der Waals surface area contributed by atoms with E-state index in [4.69, 9.17) is 4.98 Å². The molecule has 0 unspecified atom stereocenters. The lowest BCUT2D eigenvalue weighted by Crippen LogP contribution is -1.92. The molecule has 0 aliphatic heterocycles. The van der Waals surface area contributed by atoms with Gasteiger partial charge in [0.25, 0.3) is 0 Å². The molecule has 4 rings (SSSR count). The van der Waals surface area contributed by atoms with Crippen LogP contribution in [0.1, 0.15) is 11.1 Å². The highest BCUT2D eigenvalue weighted by molar-refractivity contribution is 9.08. The van der Waals surface area contributed by atoms with Crippen LogP contribution in [0.5, 0.6) is 0 Å². The van der Waals surface area contributed by atoms with Crippen LogP contribution < -0.4 is 0 Å². The van der Waals surface area contributed by atoms with Gasteiger partial charge < -0.3 is 0 Å². The van der Waals surface area contributed by atoms with Gasteiger partial charge in [-0.15, -0.1) is 0 Å². The highest BCUT2D eigenvalue weighted by Gasteiger charge is 2.10. The summed E-state index contributed by atoms with van der Waals surface area (Å²) in [5.41, 5.74) is 4.76. The molecular weight excluding hydrogens is 322 g/mol. The summed E-state index contributed by atoms with van der Waals surface area (Å²) in [6.07, 6.45) is 0. The van der Waals surface area contributed by atoms with Crippen LogP contribution in [0, 0.1) is 6.92 Å². The fourth-order valence-electron chi connectivity index (χ4n) is 3.02.